The van der Waals surface area contributed by atoms with E-state index in [1.807, 2.05) is 50.8 Å². The fraction of sp³-hybridized carbons (Fsp3) is 0.478. The predicted octanol–water partition coefficient (Wildman–Crippen LogP) is 3.32. The summed E-state index contributed by atoms with van der Waals surface area (Å²) in [5.74, 6) is 0.0339. The van der Waals surface area contributed by atoms with E-state index < -0.39 is 0 Å². The molecular formula is C23H27N3O3. The molecule has 0 bridgehead atoms. The van der Waals surface area contributed by atoms with Gasteiger partial charge in [-0.3, -0.25) is 9.59 Å². The normalized spacial score (nSPS) is 25.9. The number of hydrogen-bond acceptors (Lipinski definition) is 5. The molecule has 152 valence electrons. The lowest BCUT2D eigenvalue weighted by Gasteiger charge is -2.31. The third-order valence-corrected chi connectivity index (χ3v) is 6.27. The number of aromatic nitrogens is 2. The maximum Gasteiger partial charge on any atom is 0.309 e. The van der Waals surface area contributed by atoms with Crippen molar-refractivity contribution in [1.82, 2.24) is 14.9 Å². The number of amides is 1. The molecule has 1 aliphatic heterocycles. The summed E-state index contributed by atoms with van der Waals surface area (Å²) in [6, 6.07) is 5.49. The summed E-state index contributed by atoms with van der Waals surface area (Å²) < 4.78 is 5.32. The van der Waals surface area contributed by atoms with E-state index >= 15 is 0 Å². The summed E-state index contributed by atoms with van der Waals surface area (Å²) in [6.07, 6.45) is 4.25. The van der Waals surface area contributed by atoms with Gasteiger partial charge in [-0.2, -0.15) is 0 Å². The van der Waals surface area contributed by atoms with Crippen LogP contribution >= 0.6 is 0 Å². The number of carbonyl (C=O) groups excluding carboxylic acids is 2. The molecule has 4 rings (SSSR count). The fourth-order valence-corrected chi connectivity index (χ4v) is 4.61. The zero-order valence-corrected chi connectivity index (χ0v) is 17.4. The van der Waals surface area contributed by atoms with E-state index in [-0.39, 0.29) is 35.5 Å². The summed E-state index contributed by atoms with van der Waals surface area (Å²) in [7, 11) is 0. The van der Waals surface area contributed by atoms with E-state index in [4.69, 9.17) is 4.74 Å². The highest BCUT2D eigenvalue weighted by Crippen LogP contribution is 2.40. The smallest absolute Gasteiger partial charge is 0.309 e. The lowest BCUT2D eigenvalue weighted by molar-refractivity contribution is -0.152. The second kappa shape index (κ2) is 7.58. The highest BCUT2D eigenvalue weighted by Gasteiger charge is 2.46. The van der Waals surface area contributed by atoms with Crippen LogP contribution < -0.4 is 0 Å². The number of benzene rings is 1. The molecule has 1 amide bonds. The van der Waals surface area contributed by atoms with Gasteiger partial charge in [-0.25, -0.2) is 9.97 Å². The van der Waals surface area contributed by atoms with Crippen molar-refractivity contribution in [1.29, 1.82) is 0 Å². The van der Waals surface area contributed by atoms with Crippen molar-refractivity contribution in [2.75, 3.05) is 19.7 Å². The summed E-state index contributed by atoms with van der Waals surface area (Å²) in [4.78, 5) is 36.7. The SMILES string of the molecule is CCOC(=O)[C@@H]1[C@H]2CN(C(=O)c3ccc4nc(C)c(C)nc4c3)C[C@@H]2C=C[C@@H]1C. The van der Waals surface area contributed by atoms with Crippen LogP contribution in [0.2, 0.25) is 0 Å². The van der Waals surface area contributed by atoms with E-state index in [0.29, 0.717) is 25.3 Å². The first kappa shape index (κ1) is 19.6. The number of fused-ring (bicyclic) bond motifs is 2. The molecule has 1 aromatic carbocycles. The van der Waals surface area contributed by atoms with Crippen LogP contribution in [-0.2, 0) is 9.53 Å². The Labute approximate surface area is 171 Å². The minimum atomic E-state index is -0.198. The number of likely N-dealkylation sites (tertiary alicyclic amines) is 1. The molecule has 1 saturated heterocycles. The van der Waals surface area contributed by atoms with E-state index in [0.717, 1.165) is 22.4 Å². The van der Waals surface area contributed by atoms with Gasteiger partial charge in [0.25, 0.3) is 5.91 Å². The zero-order chi connectivity index (χ0) is 20.7. The van der Waals surface area contributed by atoms with Crippen LogP contribution in [0.3, 0.4) is 0 Å². The Bertz CT molecular complexity index is 1000. The average molecular weight is 393 g/mol. The van der Waals surface area contributed by atoms with Crippen LogP contribution in [0.4, 0.5) is 0 Å². The van der Waals surface area contributed by atoms with Crippen molar-refractivity contribution in [3.8, 4) is 0 Å². The predicted molar refractivity (Wildman–Crippen MR) is 110 cm³/mol. The molecule has 0 spiro atoms. The summed E-state index contributed by atoms with van der Waals surface area (Å²) in [6.45, 7) is 9.30. The van der Waals surface area contributed by atoms with Crippen LogP contribution in [0, 0.1) is 37.5 Å². The van der Waals surface area contributed by atoms with Gasteiger partial charge >= 0.3 is 5.97 Å². The van der Waals surface area contributed by atoms with Crippen molar-refractivity contribution < 1.29 is 14.3 Å². The second-order valence-electron chi connectivity index (χ2n) is 8.16. The van der Waals surface area contributed by atoms with E-state index in [9.17, 15) is 9.59 Å². The van der Waals surface area contributed by atoms with Gasteiger partial charge in [0.1, 0.15) is 0 Å². The molecule has 29 heavy (non-hydrogen) atoms. The summed E-state index contributed by atoms with van der Waals surface area (Å²) in [5, 5.41) is 0. The second-order valence-corrected chi connectivity index (χ2v) is 8.16. The van der Waals surface area contributed by atoms with Crippen molar-refractivity contribution in [2.45, 2.75) is 27.7 Å². The maximum atomic E-state index is 13.2. The van der Waals surface area contributed by atoms with Crippen molar-refractivity contribution in [2.24, 2.45) is 23.7 Å². The Morgan fingerprint density at radius 3 is 2.55 bits per heavy atom. The Balaban J connectivity index is 1.58. The number of nitrogens with zero attached hydrogens (tertiary/aromatic N) is 3. The van der Waals surface area contributed by atoms with Gasteiger partial charge in [-0.15, -0.1) is 0 Å². The van der Waals surface area contributed by atoms with Gasteiger partial charge in [-0.1, -0.05) is 19.1 Å². The number of rotatable bonds is 3. The fourth-order valence-electron chi connectivity index (χ4n) is 4.61. The molecule has 6 nitrogen and oxygen atoms in total. The molecule has 4 atom stereocenters. The van der Waals surface area contributed by atoms with E-state index in [2.05, 4.69) is 22.1 Å². The van der Waals surface area contributed by atoms with Crippen molar-refractivity contribution >= 4 is 22.9 Å². The van der Waals surface area contributed by atoms with Crippen LogP contribution in [0.25, 0.3) is 11.0 Å². The summed E-state index contributed by atoms with van der Waals surface area (Å²) in [5.41, 5.74) is 3.89. The minimum absolute atomic E-state index is 0.0232. The molecule has 1 fully saturated rings. The lowest BCUT2D eigenvalue weighted by atomic mass is 9.72. The zero-order valence-electron chi connectivity index (χ0n) is 17.4. The largest absolute Gasteiger partial charge is 0.466 e. The van der Waals surface area contributed by atoms with E-state index in [1.165, 1.54) is 0 Å². The first-order chi connectivity index (χ1) is 13.9. The van der Waals surface area contributed by atoms with Crippen LogP contribution in [0.15, 0.2) is 30.4 Å². The number of aryl methyl sites for hydroxylation is 2. The highest BCUT2D eigenvalue weighted by molar-refractivity contribution is 5.97. The number of ether oxygens (including phenoxy) is 1. The average Bonchev–Trinajstić information content (AvgIpc) is 3.12. The maximum absolute atomic E-state index is 13.2. The third-order valence-electron chi connectivity index (χ3n) is 6.27. The lowest BCUT2D eigenvalue weighted by Crippen LogP contribution is -2.37. The Kier molecular flexibility index (Phi) is 5.11. The van der Waals surface area contributed by atoms with Gasteiger partial charge in [-0.05, 0) is 56.7 Å². The first-order valence-corrected chi connectivity index (χ1v) is 10.3. The molecule has 0 unspecified atom stereocenters. The van der Waals surface area contributed by atoms with Gasteiger partial charge in [0.15, 0.2) is 0 Å². The third kappa shape index (κ3) is 3.52. The monoisotopic (exact) mass is 393 g/mol. The Morgan fingerprint density at radius 1 is 1.10 bits per heavy atom. The molecule has 2 aromatic rings. The van der Waals surface area contributed by atoms with Crippen LogP contribution in [0.1, 0.15) is 35.6 Å². The molecule has 1 aliphatic carbocycles. The van der Waals surface area contributed by atoms with Crippen molar-refractivity contribution in [3.63, 3.8) is 0 Å². The quantitative estimate of drug-likeness (QED) is 0.591. The number of hydrogen-bond donors (Lipinski definition) is 0. The molecule has 0 radical (unpaired) electrons. The molecule has 0 N–H and O–H groups in total. The van der Waals surface area contributed by atoms with Gasteiger partial charge in [0.05, 0.1) is 34.9 Å². The Morgan fingerprint density at radius 2 is 1.83 bits per heavy atom. The molecule has 2 heterocycles. The number of esters is 1. The molecule has 0 saturated carbocycles. The van der Waals surface area contributed by atoms with Gasteiger partial charge < -0.3 is 9.64 Å². The topological polar surface area (TPSA) is 72.4 Å². The first-order valence-electron chi connectivity index (χ1n) is 10.3. The standard InChI is InChI=1S/C23H27N3O3/c1-5-29-23(28)21-13(2)6-7-17-11-26(12-18(17)21)22(27)16-8-9-19-20(10-16)25-15(4)14(3)24-19/h6-10,13,17-18,21H,5,11-12H2,1-4H3/t13-,17-,18-,21-/m0/s1. The summed E-state index contributed by atoms with van der Waals surface area (Å²) >= 11 is 0. The Hall–Kier alpha value is -2.76. The van der Waals surface area contributed by atoms with Crippen LogP contribution in [-0.4, -0.2) is 46.4 Å². The molecular weight excluding hydrogens is 366 g/mol. The molecule has 1 aromatic heterocycles. The molecule has 2 aliphatic rings. The van der Waals surface area contributed by atoms with Gasteiger partial charge in [0, 0.05) is 18.7 Å². The van der Waals surface area contributed by atoms with E-state index in [1.54, 1.807) is 0 Å². The molecule has 6 heteroatoms. The van der Waals surface area contributed by atoms with Crippen molar-refractivity contribution in [3.05, 3.63) is 47.3 Å². The number of allylic oxidation sites excluding steroid dienone is 1. The van der Waals surface area contributed by atoms with Gasteiger partial charge in [0.2, 0.25) is 0 Å². The number of carbonyl (C=O) groups is 2. The minimum Gasteiger partial charge on any atom is -0.466 e. The highest BCUT2D eigenvalue weighted by atomic mass is 16.5. The van der Waals surface area contributed by atoms with Crippen LogP contribution in [0.5, 0.6) is 0 Å².